The van der Waals surface area contributed by atoms with Gasteiger partial charge >= 0.3 is 0 Å². The number of aryl methyl sites for hydroxylation is 1. The zero-order valence-electron chi connectivity index (χ0n) is 16.1. The van der Waals surface area contributed by atoms with Crippen molar-refractivity contribution in [2.24, 2.45) is 0 Å². The predicted molar refractivity (Wildman–Crippen MR) is 118 cm³/mol. The highest BCUT2D eigenvalue weighted by atomic mass is 35.5. The summed E-state index contributed by atoms with van der Waals surface area (Å²) in [5.41, 5.74) is 3.13. The fourth-order valence-electron chi connectivity index (χ4n) is 3.70. The number of anilines is 1. The topological polar surface area (TPSA) is 75.3 Å². The van der Waals surface area contributed by atoms with Crippen LogP contribution in [0.4, 0.5) is 5.69 Å². The maximum absolute atomic E-state index is 12.8. The van der Waals surface area contributed by atoms with E-state index in [0.29, 0.717) is 16.3 Å². The molecule has 0 aliphatic heterocycles. The molecule has 0 saturated heterocycles. The number of benzene rings is 3. The molecule has 7 heteroatoms. The molecule has 0 spiro atoms. The maximum Gasteiger partial charge on any atom is 0.261 e. The molecule has 0 bridgehead atoms. The standard InChI is InChI=1S/C23H21ClN2O3S/c24-18-11-13-20(14-12-18)30(28,29)26-19-8-3-7-17(15-19)23(27)25-22-10-4-6-16-5-1-2-9-21(16)22/h1-3,5,7-9,11-15,22,26H,4,6,10H2,(H,25,27)/t22-/m0/s1. The van der Waals surface area contributed by atoms with Gasteiger partial charge in [-0.15, -0.1) is 0 Å². The van der Waals surface area contributed by atoms with E-state index in [2.05, 4.69) is 22.2 Å². The van der Waals surface area contributed by atoms with Crippen LogP contribution in [0.15, 0.2) is 77.7 Å². The second-order valence-corrected chi connectivity index (χ2v) is 9.38. The van der Waals surface area contributed by atoms with Crippen LogP contribution in [0.5, 0.6) is 0 Å². The lowest BCUT2D eigenvalue weighted by atomic mass is 9.87. The third-order valence-corrected chi connectivity index (χ3v) is 6.82. The van der Waals surface area contributed by atoms with Gasteiger partial charge in [-0.05, 0) is 72.9 Å². The first kappa shape index (κ1) is 20.4. The van der Waals surface area contributed by atoms with Gasteiger partial charge in [0.2, 0.25) is 0 Å². The first-order valence-corrected chi connectivity index (χ1v) is 11.6. The Bertz CT molecular complexity index is 1180. The van der Waals surface area contributed by atoms with Crippen LogP contribution in [0.2, 0.25) is 5.02 Å². The normalized spacial score (nSPS) is 15.8. The molecule has 3 aromatic rings. The molecule has 1 aliphatic rings. The molecular formula is C23H21ClN2O3S. The summed E-state index contributed by atoms with van der Waals surface area (Å²) in [4.78, 5) is 12.9. The zero-order valence-corrected chi connectivity index (χ0v) is 17.7. The summed E-state index contributed by atoms with van der Waals surface area (Å²) >= 11 is 5.83. The minimum atomic E-state index is -3.78. The SMILES string of the molecule is O=C(N[C@H]1CCCc2ccccc21)c1cccc(NS(=O)(=O)c2ccc(Cl)cc2)c1. The molecule has 5 nitrogen and oxygen atoms in total. The number of fused-ring (bicyclic) bond motifs is 1. The molecule has 0 unspecified atom stereocenters. The van der Waals surface area contributed by atoms with Gasteiger partial charge in [0.05, 0.1) is 10.9 Å². The summed E-state index contributed by atoms with van der Waals surface area (Å²) in [6.45, 7) is 0. The van der Waals surface area contributed by atoms with Crippen LogP contribution in [0.3, 0.4) is 0 Å². The Morgan fingerprint density at radius 2 is 1.73 bits per heavy atom. The molecular weight excluding hydrogens is 420 g/mol. The van der Waals surface area contributed by atoms with Crippen molar-refractivity contribution in [3.05, 3.63) is 94.5 Å². The molecule has 1 amide bonds. The molecule has 2 N–H and O–H groups in total. The Kier molecular flexibility index (Phi) is 5.79. The quantitative estimate of drug-likeness (QED) is 0.589. The smallest absolute Gasteiger partial charge is 0.261 e. The van der Waals surface area contributed by atoms with Crippen molar-refractivity contribution in [3.63, 3.8) is 0 Å². The van der Waals surface area contributed by atoms with E-state index in [-0.39, 0.29) is 16.8 Å². The number of carbonyl (C=O) groups excluding carboxylic acids is 1. The van der Waals surface area contributed by atoms with Crippen LogP contribution in [0, 0.1) is 0 Å². The number of sulfonamides is 1. The van der Waals surface area contributed by atoms with Crippen LogP contribution in [0.1, 0.15) is 40.4 Å². The van der Waals surface area contributed by atoms with Crippen molar-refractivity contribution in [2.45, 2.75) is 30.2 Å². The third kappa shape index (κ3) is 4.50. The Morgan fingerprint density at radius 3 is 2.53 bits per heavy atom. The van der Waals surface area contributed by atoms with Crippen molar-refractivity contribution in [2.75, 3.05) is 4.72 Å². The Hall–Kier alpha value is -2.83. The first-order chi connectivity index (χ1) is 14.4. The minimum absolute atomic E-state index is 0.0446. The number of hydrogen-bond donors (Lipinski definition) is 2. The Labute approximate surface area is 181 Å². The fourth-order valence-corrected chi connectivity index (χ4v) is 4.87. The van der Waals surface area contributed by atoms with Crippen molar-refractivity contribution < 1.29 is 13.2 Å². The van der Waals surface area contributed by atoms with Gasteiger partial charge < -0.3 is 5.32 Å². The monoisotopic (exact) mass is 440 g/mol. The molecule has 1 aliphatic carbocycles. The molecule has 0 aromatic heterocycles. The van der Waals surface area contributed by atoms with Crippen LogP contribution in [-0.4, -0.2) is 14.3 Å². The summed E-state index contributed by atoms with van der Waals surface area (Å²) in [5, 5.41) is 3.54. The van der Waals surface area contributed by atoms with Gasteiger partial charge in [0.1, 0.15) is 0 Å². The van der Waals surface area contributed by atoms with E-state index < -0.39 is 10.0 Å². The van der Waals surface area contributed by atoms with Gasteiger partial charge in [0.15, 0.2) is 0 Å². The predicted octanol–water partition coefficient (Wildman–Crippen LogP) is 4.95. The molecule has 1 atom stereocenters. The molecule has 3 aromatic carbocycles. The molecule has 4 rings (SSSR count). The summed E-state index contributed by atoms with van der Waals surface area (Å²) in [6.07, 6.45) is 2.92. The summed E-state index contributed by atoms with van der Waals surface area (Å²) in [5.74, 6) is -0.232. The summed E-state index contributed by atoms with van der Waals surface area (Å²) < 4.78 is 27.7. The van der Waals surface area contributed by atoms with Gasteiger partial charge in [-0.1, -0.05) is 41.9 Å². The molecule has 0 radical (unpaired) electrons. The van der Waals surface area contributed by atoms with E-state index in [1.807, 2.05) is 12.1 Å². The second kappa shape index (κ2) is 8.50. The number of hydrogen-bond acceptors (Lipinski definition) is 3. The van der Waals surface area contributed by atoms with Crippen molar-refractivity contribution in [3.8, 4) is 0 Å². The Balaban J connectivity index is 1.51. The van der Waals surface area contributed by atoms with E-state index in [9.17, 15) is 13.2 Å². The van der Waals surface area contributed by atoms with Crippen molar-refractivity contribution in [1.29, 1.82) is 0 Å². The van der Waals surface area contributed by atoms with Crippen LogP contribution < -0.4 is 10.0 Å². The van der Waals surface area contributed by atoms with E-state index in [1.165, 1.54) is 35.9 Å². The van der Waals surface area contributed by atoms with Gasteiger partial charge in [0.25, 0.3) is 15.9 Å². The summed E-state index contributed by atoms with van der Waals surface area (Å²) in [6, 6.07) is 20.5. The van der Waals surface area contributed by atoms with Crippen LogP contribution in [-0.2, 0) is 16.4 Å². The summed E-state index contributed by atoms with van der Waals surface area (Å²) in [7, 11) is -3.78. The highest BCUT2D eigenvalue weighted by Gasteiger charge is 2.22. The van der Waals surface area contributed by atoms with E-state index in [0.717, 1.165) is 24.8 Å². The molecule has 0 heterocycles. The number of rotatable bonds is 5. The molecule has 0 fully saturated rings. The molecule has 30 heavy (non-hydrogen) atoms. The fraction of sp³-hybridized carbons (Fsp3) is 0.174. The highest BCUT2D eigenvalue weighted by molar-refractivity contribution is 7.92. The van der Waals surface area contributed by atoms with E-state index >= 15 is 0 Å². The largest absolute Gasteiger partial charge is 0.345 e. The van der Waals surface area contributed by atoms with Gasteiger partial charge in [-0.3, -0.25) is 9.52 Å². The number of carbonyl (C=O) groups is 1. The second-order valence-electron chi connectivity index (χ2n) is 7.26. The van der Waals surface area contributed by atoms with Gasteiger partial charge in [0, 0.05) is 16.3 Å². The number of amides is 1. The van der Waals surface area contributed by atoms with Crippen LogP contribution >= 0.6 is 11.6 Å². The van der Waals surface area contributed by atoms with Crippen molar-refractivity contribution >= 4 is 33.2 Å². The lowest BCUT2D eigenvalue weighted by Gasteiger charge is -2.26. The highest BCUT2D eigenvalue weighted by Crippen LogP contribution is 2.30. The van der Waals surface area contributed by atoms with E-state index in [4.69, 9.17) is 11.6 Å². The number of halogens is 1. The minimum Gasteiger partial charge on any atom is -0.345 e. The lowest BCUT2D eigenvalue weighted by molar-refractivity contribution is 0.0932. The van der Waals surface area contributed by atoms with Crippen LogP contribution in [0.25, 0.3) is 0 Å². The van der Waals surface area contributed by atoms with Gasteiger partial charge in [-0.2, -0.15) is 0 Å². The van der Waals surface area contributed by atoms with Crippen molar-refractivity contribution in [1.82, 2.24) is 5.32 Å². The third-order valence-electron chi connectivity index (χ3n) is 5.18. The first-order valence-electron chi connectivity index (χ1n) is 9.69. The average molecular weight is 441 g/mol. The zero-order chi connectivity index (χ0) is 21.1. The lowest BCUT2D eigenvalue weighted by Crippen LogP contribution is -2.31. The van der Waals surface area contributed by atoms with E-state index in [1.54, 1.807) is 18.2 Å². The van der Waals surface area contributed by atoms with Gasteiger partial charge in [-0.25, -0.2) is 8.42 Å². The molecule has 154 valence electrons. The number of nitrogens with one attached hydrogen (secondary N) is 2. The maximum atomic E-state index is 12.8. The molecule has 0 saturated carbocycles. The Morgan fingerprint density at radius 1 is 0.967 bits per heavy atom. The average Bonchev–Trinajstić information content (AvgIpc) is 2.74.